The third-order valence-electron chi connectivity index (χ3n) is 4.23. The van der Waals surface area contributed by atoms with Gasteiger partial charge in [-0.3, -0.25) is 14.6 Å². The van der Waals surface area contributed by atoms with E-state index < -0.39 is 17.9 Å². The summed E-state index contributed by atoms with van der Waals surface area (Å²) in [4.78, 5) is 31.6. The van der Waals surface area contributed by atoms with Gasteiger partial charge in [0, 0.05) is 30.4 Å². The molecule has 0 saturated carbocycles. The summed E-state index contributed by atoms with van der Waals surface area (Å²) in [6, 6.07) is 3.38. The Morgan fingerprint density at radius 3 is 2.77 bits per heavy atom. The van der Waals surface area contributed by atoms with E-state index in [1.807, 2.05) is 0 Å². The molecule has 3 amide bonds. The zero-order valence-electron chi connectivity index (χ0n) is 14.3. The Bertz CT molecular complexity index is 850. The number of imide groups is 1. The molecular weight excluding hydrogens is 379 g/mol. The number of amides is 3. The van der Waals surface area contributed by atoms with Gasteiger partial charge in [0.2, 0.25) is 0 Å². The van der Waals surface area contributed by atoms with Gasteiger partial charge in [0.05, 0.1) is 0 Å². The number of likely N-dealkylation sites (N-methyl/N-ethyl adjacent to an activating group) is 2. The van der Waals surface area contributed by atoms with E-state index in [0.717, 1.165) is 4.90 Å². The van der Waals surface area contributed by atoms with Gasteiger partial charge in [-0.15, -0.1) is 0 Å². The number of hydrogen-bond acceptors (Lipinski definition) is 4. The fourth-order valence-corrected chi connectivity index (χ4v) is 4.20. The molecule has 0 radical (unpaired) electrons. The normalized spacial score (nSPS) is 19.8. The minimum atomic E-state index is -0.695. The zero-order chi connectivity index (χ0) is 19.0. The van der Waals surface area contributed by atoms with E-state index >= 15 is 0 Å². The molecule has 0 aromatic heterocycles. The number of carbonyl (C=O) groups is 2. The molecule has 2 aliphatic rings. The van der Waals surface area contributed by atoms with Crippen molar-refractivity contribution in [3.63, 3.8) is 0 Å². The Hall–Kier alpha value is -2.19. The number of rotatable bonds is 4. The molecule has 1 saturated heterocycles. The molecule has 6 nitrogen and oxygen atoms in total. The van der Waals surface area contributed by atoms with Crippen LogP contribution in [0.4, 0.5) is 9.18 Å². The van der Waals surface area contributed by atoms with Crippen LogP contribution in [0.5, 0.6) is 0 Å². The number of hydrogen-bond donors (Lipinski definition) is 0. The quantitative estimate of drug-likeness (QED) is 0.581. The molecule has 1 aromatic carbocycles. The second-order valence-electron chi connectivity index (χ2n) is 5.82. The van der Waals surface area contributed by atoms with E-state index in [0.29, 0.717) is 28.1 Å². The van der Waals surface area contributed by atoms with Crippen molar-refractivity contribution in [1.29, 1.82) is 0 Å². The molecule has 1 aromatic rings. The van der Waals surface area contributed by atoms with Crippen LogP contribution in [0, 0.1) is 5.82 Å². The first-order valence-electron chi connectivity index (χ1n) is 7.80. The largest absolute Gasteiger partial charge is 0.358 e. The Morgan fingerprint density at radius 1 is 1.38 bits per heavy atom. The number of amidine groups is 2. The molecule has 0 aliphatic carbocycles. The highest BCUT2D eigenvalue weighted by Gasteiger charge is 2.52. The van der Waals surface area contributed by atoms with Gasteiger partial charge in [-0.1, -0.05) is 30.3 Å². The fourth-order valence-electron chi connectivity index (χ4n) is 2.82. The van der Waals surface area contributed by atoms with Crippen LogP contribution in [0.15, 0.2) is 35.8 Å². The highest BCUT2D eigenvalue weighted by atomic mass is 35.5. The maximum absolute atomic E-state index is 14.0. The molecule has 0 N–H and O–H groups in total. The maximum atomic E-state index is 14.0. The summed E-state index contributed by atoms with van der Waals surface area (Å²) in [6.45, 7) is 4.09. The van der Waals surface area contributed by atoms with E-state index in [4.69, 9.17) is 11.6 Å². The Balaban J connectivity index is 1.94. The number of nitrogens with zero attached hydrogens (tertiary/aromatic N) is 4. The van der Waals surface area contributed by atoms with Crippen molar-refractivity contribution < 1.29 is 18.6 Å². The number of aliphatic imine (C=N–C) groups is 1. The summed E-state index contributed by atoms with van der Waals surface area (Å²) in [7, 11) is 3.01. The lowest BCUT2D eigenvalue weighted by Crippen LogP contribution is -2.61. The van der Waals surface area contributed by atoms with E-state index in [2.05, 4.69) is 11.6 Å². The molecular formula is C17H17ClFN4O2S+. The molecule has 3 rings (SSSR count). The molecule has 1 atom stereocenters. The van der Waals surface area contributed by atoms with Crippen LogP contribution in [0.25, 0.3) is 0 Å². The summed E-state index contributed by atoms with van der Waals surface area (Å²) in [5.74, 6) is -0.137. The first kappa shape index (κ1) is 18.6. The number of carbonyl (C=O) groups excluding carboxylic acids is 2. The van der Waals surface area contributed by atoms with Gasteiger partial charge in [-0.05, 0) is 28.9 Å². The average Bonchev–Trinajstić information content (AvgIpc) is 2.97. The second-order valence-corrected chi connectivity index (χ2v) is 7.17. The first-order chi connectivity index (χ1) is 12.4. The van der Waals surface area contributed by atoms with Gasteiger partial charge in [0.15, 0.2) is 0 Å². The second kappa shape index (κ2) is 7.20. The Labute approximate surface area is 159 Å². The van der Waals surface area contributed by atoms with Crippen LogP contribution in [0.3, 0.4) is 0 Å². The first-order valence-corrected chi connectivity index (χ1v) is 9.17. The van der Waals surface area contributed by atoms with Crippen LogP contribution in [0.2, 0.25) is 5.02 Å². The number of benzene rings is 1. The maximum Gasteiger partial charge on any atom is 0.358 e. The van der Waals surface area contributed by atoms with Crippen LogP contribution in [-0.2, 0) is 10.5 Å². The highest BCUT2D eigenvalue weighted by Crippen LogP contribution is 2.28. The third-order valence-corrected chi connectivity index (χ3v) is 5.60. The molecule has 9 heteroatoms. The van der Waals surface area contributed by atoms with Gasteiger partial charge in [-0.25, -0.2) is 13.8 Å². The van der Waals surface area contributed by atoms with E-state index in [9.17, 15) is 14.0 Å². The Morgan fingerprint density at radius 2 is 2.12 bits per heavy atom. The lowest BCUT2D eigenvalue weighted by Gasteiger charge is -2.30. The fraction of sp³-hybridized carbons (Fsp3) is 0.294. The van der Waals surface area contributed by atoms with Gasteiger partial charge in [0.25, 0.3) is 17.8 Å². The van der Waals surface area contributed by atoms with Crippen molar-refractivity contribution in [1.82, 2.24) is 9.80 Å². The predicted octanol–water partition coefficient (Wildman–Crippen LogP) is 2.57. The molecule has 2 aliphatic heterocycles. The van der Waals surface area contributed by atoms with E-state index in [1.165, 1.54) is 29.8 Å². The molecule has 1 unspecified atom stereocenters. The average molecular weight is 396 g/mol. The van der Waals surface area contributed by atoms with Crippen LogP contribution < -0.4 is 0 Å². The highest BCUT2D eigenvalue weighted by molar-refractivity contribution is 8.13. The van der Waals surface area contributed by atoms with Crippen molar-refractivity contribution in [2.24, 2.45) is 4.99 Å². The molecule has 136 valence electrons. The van der Waals surface area contributed by atoms with E-state index in [-0.39, 0.29) is 11.7 Å². The van der Waals surface area contributed by atoms with Crippen molar-refractivity contribution in [2.45, 2.75) is 11.8 Å². The predicted molar refractivity (Wildman–Crippen MR) is 100 cm³/mol. The molecule has 26 heavy (non-hydrogen) atoms. The van der Waals surface area contributed by atoms with E-state index in [1.54, 1.807) is 29.8 Å². The molecule has 0 bridgehead atoms. The summed E-state index contributed by atoms with van der Waals surface area (Å²) >= 11 is 7.34. The SMILES string of the molecule is C=CC[N+]1=C(SCc2c(F)cccc2Cl)N=C2C1C(=O)N(C)C(=O)N2C. The zero-order valence-corrected chi connectivity index (χ0v) is 15.9. The third kappa shape index (κ3) is 3.03. The summed E-state index contributed by atoms with van der Waals surface area (Å²) in [5.41, 5.74) is 0.369. The summed E-state index contributed by atoms with van der Waals surface area (Å²) in [6.07, 6.45) is 1.65. The van der Waals surface area contributed by atoms with Crippen LogP contribution in [-0.4, -0.2) is 64.0 Å². The number of halogens is 2. The number of fused-ring (bicyclic) bond motifs is 1. The monoisotopic (exact) mass is 395 g/mol. The molecule has 1 fully saturated rings. The van der Waals surface area contributed by atoms with Gasteiger partial charge < -0.3 is 0 Å². The molecule has 2 heterocycles. The number of thioether (sulfide) groups is 1. The topological polar surface area (TPSA) is 56.0 Å². The van der Waals surface area contributed by atoms with Gasteiger partial charge in [-0.2, -0.15) is 0 Å². The van der Waals surface area contributed by atoms with Crippen molar-refractivity contribution in [2.75, 3.05) is 20.6 Å². The van der Waals surface area contributed by atoms with Crippen molar-refractivity contribution in [3.8, 4) is 0 Å². The summed E-state index contributed by atoms with van der Waals surface area (Å²) < 4.78 is 15.8. The smallest absolute Gasteiger partial charge is 0.269 e. The van der Waals surface area contributed by atoms with Crippen LogP contribution in [0.1, 0.15) is 5.56 Å². The van der Waals surface area contributed by atoms with Crippen molar-refractivity contribution >= 4 is 46.3 Å². The van der Waals surface area contributed by atoms with Crippen molar-refractivity contribution in [3.05, 3.63) is 47.3 Å². The lowest BCUT2D eigenvalue weighted by atomic mass is 10.1. The minimum Gasteiger partial charge on any atom is -0.269 e. The summed E-state index contributed by atoms with van der Waals surface area (Å²) in [5, 5.41) is 0.854. The lowest BCUT2D eigenvalue weighted by molar-refractivity contribution is -0.522. The van der Waals surface area contributed by atoms with Crippen LogP contribution >= 0.6 is 23.4 Å². The Kier molecular flexibility index (Phi) is 5.15. The minimum absolute atomic E-state index is 0.250. The van der Waals surface area contributed by atoms with Gasteiger partial charge in [0.1, 0.15) is 12.4 Å². The standard InChI is InChI=1S/C17H17ClFN4O2S/c1-4-8-23-13-14(21(2)17(25)22(3)15(13)24)20-16(23)26-9-10-11(18)6-5-7-12(10)19/h4-7,13H,1,8-9H2,2-3H3/q+1. The van der Waals surface area contributed by atoms with Gasteiger partial charge >= 0.3 is 11.2 Å². The number of urea groups is 1. The molecule has 0 spiro atoms.